The van der Waals surface area contributed by atoms with Crippen LogP contribution in [0.15, 0.2) is 47.6 Å². The average Bonchev–Trinajstić information content (AvgIpc) is 2.97. The molecule has 0 bridgehead atoms. The number of halogens is 2. The minimum atomic E-state index is -0.707. The number of H-pyrrole nitrogens is 1. The van der Waals surface area contributed by atoms with Crippen LogP contribution in [-0.2, 0) is 6.61 Å². The van der Waals surface area contributed by atoms with Crippen molar-refractivity contribution in [1.82, 2.24) is 10.2 Å². The highest BCUT2D eigenvalue weighted by molar-refractivity contribution is 6.13. The fraction of sp³-hybridized carbons (Fsp3) is 0.0588. The molecular weight excluding hydrogens is 314 g/mol. The van der Waals surface area contributed by atoms with Crippen LogP contribution < -0.4 is 5.32 Å². The maximum Gasteiger partial charge on any atom is 0.144 e. The molecule has 24 heavy (non-hydrogen) atoms. The molecule has 4 rings (SSSR count). The van der Waals surface area contributed by atoms with Crippen LogP contribution in [0.2, 0.25) is 0 Å². The van der Waals surface area contributed by atoms with Crippen LogP contribution in [0.1, 0.15) is 11.1 Å². The Morgan fingerprint density at radius 2 is 1.88 bits per heavy atom. The summed E-state index contributed by atoms with van der Waals surface area (Å²) >= 11 is 0. The minimum Gasteiger partial charge on any atom is -0.392 e. The van der Waals surface area contributed by atoms with Gasteiger partial charge in [-0.3, -0.25) is 5.10 Å². The third kappa shape index (κ3) is 2.26. The Morgan fingerprint density at radius 3 is 2.62 bits per heavy atom. The van der Waals surface area contributed by atoms with Crippen LogP contribution in [0.25, 0.3) is 11.3 Å². The topological polar surface area (TPSA) is 73.3 Å². The van der Waals surface area contributed by atoms with Gasteiger partial charge in [0.2, 0.25) is 0 Å². The second-order valence-electron chi connectivity index (χ2n) is 5.35. The third-order valence-electron chi connectivity index (χ3n) is 3.84. The number of amidine groups is 1. The summed E-state index contributed by atoms with van der Waals surface area (Å²) in [5.41, 5.74) is 2.86. The Kier molecular flexibility index (Phi) is 3.35. The number of nitrogens with zero attached hydrogens (tertiary/aromatic N) is 2. The first-order valence-corrected chi connectivity index (χ1v) is 7.25. The molecule has 3 aromatic rings. The van der Waals surface area contributed by atoms with E-state index in [0.717, 1.165) is 0 Å². The monoisotopic (exact) mass is 326 g/mol. The van der Waals surface area contributed by atoms with E-state index < -0.39 is 11.6 Å². The van der Waals surface area contributed by atoms with Gasteiger partial charge in [0, 0.05) is 11.3 Å². The van der Waals surface area contributed by atoms with Crippen molar-refractivity contribution in [2.45, 2.75) is 6.61 Å². The van der Waals surface area contributed by atoms with E-state index in [4.69, 9.17) is 0 Å². The Bertz CT molecular complexity index is 945. The summed E-state index contributed by atoms with van der Waals surface area (Å²) in [6, 6.07) is 8.89. The Labute approximate surface area is 135 Å². The van der Waals surface area contributed by atoms with Crippen LogP contribution in [0.3, 0.4) is 0 Å². The van der Waals surface area contributed by atoms with Gasteiger partial charge in [-0.25, -0.2) is 13.8 Å². The number of rotatable bonds is 2. The normalized spacial score (nSPS) is 12.7. The van der Waals surface area contributed by atoms with E-state index in [2.05, 4.69) is 20.5 Å². The summed E-state index contributed by atoms with van der Waals surface area (Å²) in [7, 11) is 0. The smallest absolute Gasteiger partial charge is 0.144 e. The molecular formula is C17H12F2N4O. The predicted octanol–water partition coefficient (Wildman–Crippen LogP) is 3.35. The van der Waals surface area contributed by atoms with E-state index >= 15 is 0 Å². The highest BCUT2D eigenvalue weighted by atomic mass is 19.1. The maximum absolute atomic E-state index is 14.1. The first kappa shape index (κ1) is 14.5. The average molecular weight is 326 g/mol. The Hall–Kier alpha value is -3.06. The predicted molar refractivity (Wildman–Crippen MR) is 86.1 cm³/mol. The van der Waals surface area contributed by atoms with Crippen molar-refractivity contribution in [3.63, 3.8) is 0 Å². The molecule has 2 aromatic carbocycles. The number of anilines is 1. The summed E-state index contributed by atoms with van der Waals surface area (Å²) in [5.74, 6) is -1.35. The molecule has 1 aliphatic rings. The summed E-state index contributed by atoms with van der Waals surface area (Å²) in [5, 5.41) is 19.1. The van der Waals surface area contributed by atoms with Gasteiger partial charge < -0.3 is 10.4 Å². The molecule has 0 aliphatic carbocycles. The maximum atomic E-state index is 14.1. The number of benzene rings is 2. The van der Waals surface area contributed by atoms with Gasteiger partial charge in [-0.15, -0.1) is 0 Å². The van der Waals surface area contributed by atoms with Gasteiger partial charge in [0.25, 0.3) is 0 Å². The van der Waals surface area contributed by atoms with Crippen LogP contribution in [-0.4, -0.2) is 21.1 Å². The van der Waals surface area contributed by atoms with Gasteiger partial charge in [-0.1, -0.05) is 12.1 Å². The molecule has 0 atom stereocenters. The SMILES string of the molecule is OCc1ccc2c(c1)-c1[nH]ncc1N=C(c1c(F)cccc1F)N2. The molecule has 1 aliphatic heterocycles. The third-order valence-corrected chi connectivity index (χ3v) is 3.84. The second kappa shape index (κ2) is 5.54. The number of aromatic nitrogens is 2. The lowest BCUT2D eigenvalue weighted by Crippen LogP contribution is -2.17. The van der Waals surface area contributed by atoms with Crippen molar-refractivity contribution in [3.05, 3.63) is 65.4 Å². The van der Waals surface area contributed by atoms with Crippen LogP contribution in [0.5, 0.6) is 0 Å². The molecule has 5 nitrogen and oxygen atoms in total. The zero-order chi connectivity index (χ0) is 16.7. The van der Waals surface area contributed by atoms with Gasteiger partial charge in [-0.2, -0.15) is 5.10 Å². The van der Waals surface area contributed by atoms with E-state index in [9.17, 15) is 13.9 Å². The van der Waals surface area contributed by atoms with Gasteiger partial charge in [0.05, 0.1) is 24.1 Å². The van der Waals surface area contributed by atoms with Crippen molar-refractivity contribution < 1.29 is 13.9 Å². The van der Waals surface area contributed by atoms with E-state index in [1.54, 1.807) is 18.2 Å². The summed E-state index contributed by atoms with van der Waals surface area (Å²) in [6.07, 6.45) is 1.48. The van der Waals surface area contributed by atoms with Crippen LogP contribution >= 0.6 is 0 Å². The zero-order valence-corrected chi connectivity index (χ0v) is 12.3. The van der Waals surface area contributed by atoms with Crippen LogP contribution in [0, 0.1) is 11.6 Å². The van der Waals surface area contributed by atoms with Gasteiger partial charge in [-0.05, 0) is 29.8 Å². The number of hydrogen-bond acceptors (Lipinski definition) is 4. The number of hydrogen-bond donors (Lipinski definition) is 3. The van der Waals surface area contributed by atoms with Crippen molar-refractivity contribution in [3.8, 4) is 11.3 Å². The number of aliphatic imine (C=N–C) groups is 1. The standard InChI is InChI=1S/C17H12F2N4O/c18-11-2-1-3-12(19)15(11)17-21-13-5-4-9(8-24)6-10(13)16-14(22-17)7-20-23-16/h1-7,24H,8H2,(H,20,23)(H,21,22). The summed E-state index contributed by atoms with van der Waals surface area (Å²) in [4.78, 5) is 4.33. The largest absolute Gasteiger partial charge is 0.392 e. The first-order chi connectivity index (χ1) is 11.7. The van der Waals surface area contributed by atoms with Crippen molar-refractivity contribution in [2.24, 2.45) is 4.99 Å². The van der Waals surface area contributed by atoms with Gasteiger partial charge >= 0.3 is 0 Å². The highest BCUT2D eigenvalue weighted by Gasteiger charge is 2.22. The molecule has 120 valence electrons. The number of aliphatic hydroxyl groups excluding tert-OH is 1. The minimum absolute atomic E-state index is 0.0590. The molecule has 3 N–H and O–H groups in total. The molecule has 0 saturated carbocycles. The van der Waals surface area contributed by atoms with E-state index in [1.165, 1.54) is 24.4 Å². The lowest BCUT2D eigenvalue weighted by atomic mass is 10.1. The van der Waals surface area contributed by atoms with E-state index in [1.807, 2.05) is 0 Å². The lowest BCUT2D eigenvalue weighted by molar-refractivity contribution is 0.282. The molecule has 0 radical (unpaired) electrons. The van der Waals surface area contributed by atoms with E-state index in [-0.39, 0.29) is 18.0 Å². The van der Waals surface area contributed by atoms with Gasteiger partial charge in [0.1, 0.15) is 23.2 Å². The summed E-state index contributed by atoms with van der Waals surface area (Å²) in [6.45, 7) is -0.119. The highest BCUT2D eigenvalue weighted by Crippen LogP contribution is 2.37. The molecule has 0 unspecified atom stereocenters. The molecule has 0 fully saturated rings. The Morgan fingerprint density at radius 1 is 1.08 bits per heavy atom. The van der Waals surface area contributed by atoms with Crippen molar-refractivity contribution >= 4 is 17.2 Å². The molecule has 0 saturated heterocycles. The molecule has 2 heterocycles. The summed E-state index contributed by atoms with van der Waals surface area (Å²) < 4.78 is 28.3. The second-order valence-corrected chi connectivity index (χ2v) is 5.35. The zero-order valence-electron chi connectivity index (χ0n) is 12.3. The van der Waals surface area contributed by atoms with Crippen molar-refractivity contribution in [2.75, 3.05) is 5.32 Å². The Balaban J connectivity index is 1.94. The fourth-order valence-electron chi connectivity index (χ4n) is 2.69. The number of fused-ring (bicyclic) bond motifs is 3. The number of aliphatic hydroxyl groups is 1. The molecule has 7 heteroatoms. The fourth-order valence-corrected chi connectivity index (χ4v) is 2.69. The molecule has 1 aromatic heterocycles. The molecule has 0 spiro atoms. The first-order valence-electron chi connectivity index (χ1n) is 7.25. The van der Waals surface area contributed by atoms with Crippen molar-refractivity contribution in [1.29, 1.82) is 0 Å². The quantitative estimate of drug-likeness (QED) is 0.676. The van der Waals surface area contributed by atoms with Crippen LogP contribution in [0.4, 0.5) is 20.2 Å². The number of aromatic amines is 1. The number of nitrogens with one attached hydrogen (secondary N) is 2. The van der Waals surface area contributed by atoms with Gasteiger partial charge in [0.15, 0.2) is 0 Å². The van der Waals surface area contributed by atoms with E-state index in [0.29, 0.717) is 28.2 Å². The molecule has 0 amide bonds. The lowest BCUT2D eigenvalue weighted by Gasteiger charge is -2.12.